The molecule has 2 saturated heterocycles. The summed E-state index contributed by atoms with van der Waals surface area (Å²) in [5.41, 5.74) is 1.37. The van der Waals surface area contributed by atoms with E-state index in [1.165, 1.54) is 24.8 Å². The Morgan fingerprint density at radius 3 is 2.72 bits per heavy atom. The van der Waals surface area contributed by atoms with Crippen molar-refractivity contribution in [3.05, 3.63) is 30.1 Å². The number of carbonyl (C=O) groups excluding carboxylic acids is 1. The van der Waals surface area contributed by atoms with E-state index >= 15 is 0 Å². The van der Waals surface area contributed by atoms with Crippen LogP contribution in [0.2, 0.25) is 0 Å². The second kappa shape index (κ2) is 9.76. The van der Waals surface area contributed by atoms with Gasteiger partial charge in [0.25, 0.3) is 0 Å². The molecule has 1 aromatic rings. The van der Waals surface area contributed by atoms with Crippen molar-refractivity contribution >= 4 is 6.09 Å². The first-order valence-electron chi connectivity index (χ1n) is 9.73. The number of amides is 1. The summed E-state index contributed by atoms with van der Waals surface area (Å²) in [6.07, 6.45) is 12.9. The Balaban J connectivity index is 1.26. The highest BCUT2D eigenvalue weighted by molar-refractivity contribution is 5.67. The molecule has 1 amide bonds. The molecule has 0 radical (unpaired) electrons. The van der Waals surface area contributed by atoms with Gasteiger partial charge in [-0.25, -0.2) is 4.79 Å². The largest absolute Gasteiger partial charge is 0.447 e. The second-order valence-electron chi connectivity index (χ2n) is 7.24. The topological polar surface area (TPSA) is 51.7 Å². The Labute approximate surface area is 150 Å². The third-order valence-electron chi connectivity index (χ3n) is 5.37. The van der Waals surface area contributed by atoms with Crippen LogP contribution in [0.5, 0.6) is 0 Å². The van der Waals surface area contributed by atoms with Crippen LogP contribution in [0.4, 0.5) is 4.79 Å². The molecule has 1 unspecified atom stereocenters. The highest BCUT2D eigenvalue weighted by Crippen LogP contribution is 2.23. The minimum Gasteiger partial charge on any atom is -0.447 e. The number of hydrogen-bond acceptors (Lipinski definition) is 4. The standard InChI is InChI=1S/C20H30N2O3/c23-20(25-16-19-6-3-15-24-19)22-13-9-18(10-14-22)5-2-1-4-17-7-11-21-12-8-17/h7-8,11-12,18-19H,1-6,9-10,13-16H2. The van der Waals surface area contributed by atoms with E-state index in [1.54, 1.807) is 0 Å². The molecule has 2 aliphatic heterocycles. The van der Waals surface area contributed by atoms with Crippen LogP contribution in [0.3, 0.4) is 0 Å². The van der Waals surface area contributed by atoms with E-state index in [4.69, 9.17) is 9.47 Å². The van der Waals surface area contributed by atoms with Crippen LogP contribution < -0.4 is 0 Å². The maximum Gasteiger partial charge on any atom is 0.409 e. The lowest BCUT2D eigenvalue weighted by molar-refractivity contribution is 0.0255. The quantitative estimate of drug-likeness (QED) is 0.704. The van der Waals surface area contributed by atoms with Crippen molar-refractivity contribution in [2.24, 2.45) is 5.92 Å². The van der Waals surface area contributed by atoms with Crippen molar-refractivity contribution in [2.45, 2.75) is 57.5 Å². The molecule has 0 aromatic carbocycles. The van der Waals surface area contributed by atoms with E-state index in [9.17, 15) is 4.79 Å². The number of likely N-dealkylation sites (tertiary alicyclic amines) is 1. The van der Waals surface area contributed by atoms with Crippen molar-refractivity contribution < 1.29 is 14.3 Å². The van der Waals surface area contributed by atoms with Gasteiger partial charge in [-0.1, -0.05) is 12.8 Å². The van der Waals surface area contributed by atoms with Gasteiger partial charge in [0.15, 0.2) is 0 Å². The van der Waals surface area contributed by atoms with Gasteiger partial charge < -0.3 is 14.4 Å². The number of pyridine rings is 1. The molecule has 0 N–H and O–H groups in total. The average Bonchev–Trinajstić information content (AvgIpc) is 3.18. The van der Waals surface area contributed by atoms with Gasteiger partial charge in [0.05, 0.1) is 6.10 Å². The van der Waals surface area contributed by atoms with Gasteiger partial charge in [-0.3, -0.25) is 4.98 Å². The molecule has 0 bridgehead atoms. The summed E-state index contributed by atoms with van der Waals surface area (Å²) >= 11 is 0. The molecule has 0 aliphatic carbocycles. The smallest absolute Gasteiger partial charge is 0.409 e. The number of aromatic nitrogens is 1. The van der Waals surface area contributed by atoms with E-state index in [2.05, 4.69) is 17.1 Å². The number of unbranched alkanes of at least 4 members (excludes halogenated alkanes) is 1. The van der Waals surface area contributed by atoms with Crippen LogP contribution in [-0.2, 0) is 15.9 Å². The van der Waals surface area contributed by atoms with E-state index in [1.807, 2.05) is 17.3 Å². The van der Waals surface area contributed by atoms with Gasteiger partial charge >= 0.3 is 6.09 Å². The predicted molar refractivity (Wildman–Crippen MR) is 96.4 cm³/mol. The first-order valence-corrected chi connectivity index (χ1v) is 9.73. The van der Waals surface area contributed by atoms with Gasteiger partial charge in [-0.2, -0.15) is 0 Å². The molecule has 1 atom stereocenters. The lowest BCUT2D eigenvalue weighted by Crippen LogP contribution is -2.39. The van der Waals surface area contributed by atoms with Crippen molar-refractivity contribution in [1.82, 2.24) is 9.88 Å². The Bertz CT molecular complexity index is 509. The second-order valence-corrected chi connectivity index (χ2v) is 7.24. The first-order chi connectivity index (χ1) is 12.3. The third kappa shape index (κ3) is 5.99. The monoisotopic (exact) mass is 346 g/mol. The summed E-state index contributed by atoms with van der Waals surface area (Å²) in [4.78, 5) is 18.0. The molecule has 3 heterocycles. The first kappa shape index (κ1) is 18.2. The van der Waals surface area contributed by atoms with E-state index in [0.717, 1.165) is 57.7 Å². The van der Waals surface area contributed by atoms with Crippen molar-refractivity contribution in [2.75, 3.05) is 26.3 Å². The maximum atomic E-state index is 12.1. The molecule has 0 saturated carbocycles. The Kier molecular flexibility index (Phi) is 7.10. The highest BCUT2D eigenvalue weighted by atomic mass is 16.6. The fourth-order valence-corrected chi connectivity index (χ4v) is 3.75. The Hall–Kier alpha value is -1.62. The van der Waals surface area contributed by atoms with Gasteiger partial charge in [0.1, 0.15) is 6.61 Å². The van der Waals surface area contributed by atoms with Gasteiger partial charge in [-0.05, 0) is 62.1 Å². The number of hydrogen-bond donors (Lipinski definition) is 0. The van der Waals surface area contributed by atoms with Crippen molar-refractivity contribution in [3.63, 3.8) is 0 Å². The minimum absolute atomic E-state index is 0.113. The van der Waals surface area contributed by atoms with E-state index in [0.29, 0.717) is 6.61 Å². The number of nitrogens with zero attached hydrogens (tertiary/aromatic N) is 2. The molecular weight excluding hydrogens is 316 g/mol. The molecule has 25 heavy (non-hydrogen) atoms. The van der Waals surface area contributed by atoms with Crippen LogP contribution in [-0.4, -0.2) is 48.4 Å². The maximum absolute atomic E-state index is 12.1. The highest BCUT2D eigenvalue weighted by Gasteiger charge is 2.25. The minimum atomic E-state index is -0.161. The summed E-state index contributed by atoms with van der Waals surface area (Å²) in [6, 6.07) is 4.20. The number of ether oxygens (including phenoxy) is 2. The van der Waals surface area contributed by atoms with E-state index in [-0.39, 0.29) is 12.2 Å². The van der Waals surface area contributed by atoms with Crippen LogP contribution in [0, 0.1) is 5.92 Å². The van der Waals surface area contributed by atoms with Crippen LogP contribution in [0.25, 0.3) is 0 Å². The van der Waals surface area contributed by atoms with Crippen molar-refractivity contribution in [3.8, 4) is 0 Å². The number of piperidine rings is 1. The van der Waals surface area contributed by atoms with Gasteiger partial charge in [0, 0.05) is 32.1 Å². The third-order valence-corrected chi connectivity index (χ3v) is 5.37. The number of aryl methyl sites for hydroxylation is 1. The molecule has 0 spiro atoms. The molecule has 138 valence electrons. The fraction of sp³-hybridized carbons (Fsp3) is 0.700. The summed E-state index contributed by atoms with van der Waals surface area (Å²) in [7, 11) is 0. The predicted octanol–water partition coefficient (Wildman–Crippen LogP) is 3.82. The Morgan fingerprint density at radius 1 is 1.20 bits per heavy atom. The average molecular weight is 346 g/mol. The molecule has 1 aromatic heterocycles. The lowest BCUT2D eigenvalue weighted by Gasteiger charge is -2.31. The summed E-state index contributed by atoms with van der Waals surface area (Å²) < 4.78 is 10.9. The van der Waals surface area contributed by atoms with Crippen LogP contribution in [0.1, 0.15) is 50.5 Å². The van der Waals surface area contributed by atoms with Crippen LogP contribution >= 0.6 is 0 Å². The molecule has 2 fully saturated rings. The molecule has 2 aliphatic rings. The van der Waals surface area contributed by atoms with Crippen molar-refractivity contribution in [1.29, 1.82) is 0 Å². The SMILES string of the molecule is O=C(OCC1CCCO1)N1CCC(CCCCc2ccncc2)CC1. The normalized spacial score (nSPS) is 21.4. The van der Waals surface area contributed by atoms with Gasteiger partial charge in [-0.15, -0.1) is 0 Å². The number of rotatable bonds is 7. The summed E-state index contributed by atoms with van der Waals surface area (Å²) in [6.45, 7) is 2.88. The molecule has 5 heteroatoms. The van der Waals surface area contributed by atoms with Crippen LogP contribution in [0.15, 0.2) is 24.5 Å². The van der Waals surface area contributed by atoms with Gasteiger partial charge in [0.2, 0.25) is 0 Å². The lowest BCUT2D eigenvalue weighted by atomic mass is 9.91. The zero-order valence-electron chi connectivity index (χ0n) is 15.1. The Morgan fingerprint density at radius 2 is 2.00 bits per heavy atom. The number of carbonyl (C=O) groups is 1. The zero-order chi connectivity index (χ0) is 17.3. The van der Waals surface area contributed by atoms with E-state index < -0.39 is 0 Å². The fourth-order valence-electron chi connectivity index (χ4n) is 3.75. The molecule has 5 nitrogen and oxygen atoms in total. The summed E-state index contributed by atoms with van der Waals surface area (Å²) in [5.74, 6) is 0.750. The zero-order valence-corrected chi connectivity index (χ0v) is 15.1. The molecular formula is C20H30N2O3. The summed E-state index contributed by atoms with van der Waals surface area (Å²) in [5, 5.41) is 0. The molecule has 3 rings (SSSR count).